The normalized spacial score (nSPS) is 21.5. The Morgan fingerprint density at radius 1 is 1.27 bits per heavy atom. The van der Waals surface area contributed by atoms with Gasteiger partial charge in [-0.1, -0.05) is 19.9 Å². The number of fused-ring (bicyclic) bond motifs is 3. The van der Waals surface area contributed by atoms with Gasteiger partial charge >= 0.3 is 0 Å². The molecule has 0 amide bonds. The molecule has 8 heteroatoms. The van der Waals surface area contributed by atoms with E-state index in [2.05, 4.69) is 0 Å². The smallest absolute Gasteiger partial charge is 0.125 e. The fraction of sp³-hybridized carbons (Fsp3) is 0.364. The number of hydrogen-bond donors (Lipinski definition) is 4. The number of nitrogens with two attached hydrogens (primary N) is 1. The number of hydrogen-bond acceptors (Lipinski definition) is 5. The third kappa shape index (κ3) is 3.19. The number of phenols is 1. The minimum atomic E-state index is -2.11. The molecule has 4 N–H and O–H groups in total. The molecule has 1 aliphatic rings. The fourth-order valence-electron chi connectivity index (χ4n) is 4.47. The average Bonchev–Trinajstić information content (AvgIpc) is 3.07. The van der Waals surface area contributed by atoms with Crippen LogP contribution < -0.4 is 5.73 Å². The van der Waals surface area contributed by atoms with E-state index >= 15 is 0 Å². The summed E-state index contributed by atoms with van der Waals surface area (Å²) in [6.45, 7) is 4.58. The second-order valence-electron chi connectivity index (χ2n) is 8.43. The highest BCUT2D eigenvalue weighted by molar-refractivity contribution is 7.73. The molecular weight excluding hydrogens is 405 g/mol. The fourth-order valence-corrected chi connectivity index (χ4v) is 5.03. The van der Waals surface area contributed by atoms with Crippen LogP contribution in [0.5, 0.6) is 5.75 Å². The van der Waals surface area contributed by atoms with Gasteiger partial charge in [-0.05, 0) is 42.8 Å². The van der Waals surface area contributed by atoms with E-state index in [1.807, 2.05) is 24.5 Å². The second-order valence-corrected chi connectivity index (χ2v) is 9.63. The number of ether oxygens (including phenoxy) is 1. The molecule has 0 aliphatic carbocycles. The minimum absolute atomic E-state index is 0.0963. The second kappa shape index (κ2) is 7.37. The van der Waals surface area contributed by atoms with Crippen molar-refractivity contribution in [3.05, 3.63) is 59.5 Å². The highest BCUT2D eigenvalue weighted by Crippen LogP contribution is 2.50. The highest BCUT2D eigenvalue weighted by Gasteiger charge is 2.47. The summed E-state index contributed by atoms with van der Waals surface area (Å²) in [7, 11) is -2.11. The van der Waals surface area contributed by atoms with Crippen molar-refractivity contribution in [2.24, 2.45) is 5.73 Å². The number of phenolic OH excluding ortho intramolecular Hbond substituents is 1. The Hall–Kier alpha value is -2.42. The Bertz CT molecular complexity index is 1180. The summed E-state index contributed by atoms with van der Waals surface area (Å²) >= 11 is 0. The molecule has 0 fully saturated rings. The maximum absolute atomic E-state index is 13.6. The molecule has 2 atom stereocenters. The van der Waals surface area contributed by atoms with Crippen LogP contribution in [0.3, 0.4) is 0 Å². The lowest BCUT2D eigenvalue weighted by Crippen LogP contribution is -2.48. The number of nitrogens with zero attached hydrogens (tertiary/aromatic N) is 1. The molecule has 30 heavy (non-hydrogen) atoms. The predicted octanol–water partition coefficient (Wildman–Crippen LogP) is 3.57. The molecule has 4 rings (SSSR count). The van der Waals surface area contributed by atoms with Crippen molar-refractivity contribution >= 4 is 21.5 Å². The molecule has 3 aromatic rings. The van der Waals surface area contributed by atoms with E-state index in [0.29, 0.717) is 18.4 Å². The van der Waals surface area contributed by atoms with Crippen molar-refractivity contribution in [2.45, 2.75) is 31.3 Å². The van der Waals surface area contributed by atoms with Gasteiger partial charge in [0.2, 0.25) is 0 Å². The van der Waals surface area contributed by atoms with Crippen molar-refractivity contribution in [3.63, 3.8) is 0 Å². The van der Waals surface area contributed by atoms with Gasteiger partial charge in [-0.25, -0.2) is 4.39 Å². The Labute approximate surface area is 176 Å². The summed E-state index contributed by atoms with van der Waals surface area (Å²) in [5.41, 5.74) is 8.01. The van der Waals surface area contributed by atoms with Gasteiger partial charge in [-0.3, -0.25) is 8.99 Å². The lowest BCUT2D eigenvalue weighted by molar-refractivity contribution is -0.0799. The Morgan fingerprint density at radius 3 is 2.60 bits per heavy atom. The number of halogens is 1. The van der Waals surface area contributed by atoms with Crippen molar-refractivity contribution < 1.29 is 18.4 Å². The van der Waals surface area contributed by atoms with Crippen LogP contribution in [-0.2, 0) is 26.3 Å². The quantitative estimate of drug-likeness (QED) is 0.464. The molecule has 2 unspecified atom stereocenters. The van der Waals surface area contributed by atoms with E-state index in [9.17, 15) is 13.7 Å². The zero-order valence-electron chi connectivity index (χ0n) is 17.0. The molecule has 0 saturated carbocycles. The van der Waals surface area contributed by atoms with E-state index in [0.717, 1.165) is 22.5 Å². The molecule has 1 aromatic heterocycles. The van der Waals surface area contributed by atoms with Gasteiger partial charge in [0.1, 0.15) is 17.2 Å². The van der Waals surface area contributed by atoms with E-state index in [-0.39, 0.29) is 23.9 Å². The van der Waals surface area contributed by atoms with Gasteiger partial charge in [-0.2, -0.15) is 0 Å². The number of rotatable bonds is 5. The van der Waals surface area contributed by atoms with Gasteiger partial charge in [-0.15, -0.1) is 0 Å². The van der Waals surface area contributed by atoms with Crippen LogP contribution in [0.4, 0.5) is 4.39 Å². The van der Waals surface area contributed by atoms with Gasteiger partial charge in [0, 0.05) is 50.6 Å². The number of nitrogens with one attached hydrogen (secondary N) is 1. The molecule has 2 heterocycles. The summed E-state index contributed by atoms with van der Waals surface area (Å²) in [6.07, 6.45) is 0.308. The highest BCUT2D eigenvalue weighted by atomic mass is 32.2. The molecule has 0 spiro atoms. The molecule has 1 aliphatic heterocycles. The summed E-state index contributed by atoms with van der Waals surface area (Å²) in [6, 6.07) is 11.5. The van der Waals surface area contributed by atoms with Crippen molar-refractivity contribution in [1.82, 2.24) is 4.57 Å². The first-order valence-electron chi connectivity index (χ1n) is 9.83. The van der Waals surface area contributed by atoms with E-state index in [4.69, 9.17) is 15.3 Å². The number of aromatic nitrogens is 1. The summed E-state index contributed by atoms with van der Waals surface area (Å²) in [4.78, 5) is 0. The van der Waals surface area contributed by atoms with Crippen LogP contribution in [0.15, 0.2) is 42.5 Å². The van der Waals surface area contributed by atoms with Crippen LogP contribution in [0.1, 0.15) is 31.5 Å². The Morgan fingerprint density at radius 2 is 1.97 bits per heavy atom. The lowest BCUT2D eigenvalue weighted by Gasteiger charge is -2.44. The maximum atomic E-state index is 13.6. The Kier molecular flexibility index (Phi) is 5.12. The van der Waals surface area contributed by atoms with Gasteiger partial charge in [0.05, 0.1) is 12.1 Å². The zero-order valence-corrected chi connectivity index (χ0v) is 17.9. The number of aromatic hydroxyl groups is 1. The standard InChI is InChI=1S/C22H26FN3O3S/c1-21(2)13-29-22(12-24,10-11-30(25)28)19-18-16(4-3-5-17(18)27)26(20(19)21)15-8-6-14(23)7-9-15/h3-9,25,27,30H,10-13,24H2,1-2H3. The first-order chi connectivity index (χ1) is 14.2. The molecule has 2 aromatic carbocycles. The van der Waals surface area contributed by atoms with Crippen molar-refractivity contribution in [1.29, 1.82) is 4.78 Å². The predicted molar refractivity (Wildman–Crippen MR) is 116 cm³/mol. The number of benzene rings is 2. The van der Waals surface area contributed by atoms with Crippen LogP contribution in [0, 0.1) is 10.6 Å². The topological polar surface area (TPSA) is 101 Å². The minimum Gasteiger partial charge on any atom is -0.507 e. The summed E-state index contributed by atoms with van der Waals surface area (Å²) in [5.74, 6) is -0.0903. The van der Waals surface area contributed by atoms with E-state index < -0.39 is 21.6 Å². The molecule has 0 radical (unpaired) electrons. The largest absolute Gasteiger partial charge is 0.507 e. The molecule has 0 saturated heterocycles. The summed E-state index contributed by atoms with van der Waals surface area (Å²) < 4.78 is 41.1. The Balaban J connectivity index is 2.13. The average molecular weight is 432 g/mol. The van der Waals surface area contributed by atoms with Gasteiger partial charge in [0.15, 0.2) is 0 Å². The summed E-state index contributed by atoms with van der Waals surface area (Å²) in [5, 5.41) is 11.5. The van der Waals surface area contributed by atoms with Crippen LogP contribution >= 0.6 is 0 Å². The number of thiol groups is 1. The van der Waals surface area contributed by atoms with E-state index in [1.165, 1.54) is 12.1 Å². The monoisotopic (exact) mass is 431 g/mol. The maximum Gasteiger partial charge on any atom is 0.125 e. The third-order valence-corrected chi connectivity index (χ3v) is 6.54. The third-order valence-electron chi connectivity index (χ3n) is 5.91. The van der Waals surface area contributed by atoms with Crippen LogP contribution in [-0.4, -0.2) is 32.8 Å². The van der Waals surface area contributed by atoms with E-state index in [1.54, 1.807) is 24.3 Å². The lowest BCUT2D eigenvalue weighted by atomic mass is 9.76. The molecular formula is C22H26FN3O3S. The molecule has 160 valence electrons. The zero-order chi connectivity index (χ0) is 21.7. The van der Waals surface area contributed by atoms with Crippen LogP contribution in [0.25, 0.3) is 16.6 Å². The van der Waals surface area contributed by atoms with Crippen LogP contribution in [0.2, 0.25) is 0 Å². The van der Waals surface area contributed by atoms with Crippen molar-refractivity contribution in [2.75, 3.05) is 18.9 Å². The van der Waals surface area contributed by atoms with Crippen molar-refractivity contribution in [3.8, 4) is 11.4 Å². The SMILES string of the molecule is CC1(C)COC(CN)(CC[SH](=N)=O)c2c1n(-c1ccc(F)cc1)c1cccc(O)c21. The first-order valence-corrected chi connectivity index (χ1v) is 11.3. The van der Waals surface area contributed by atoms with Gasteiger partial charge in [0.25, 0.3) is 0 Å². The first kappa shape index (κ1) is 20.8. The molecule has 6 nitrogen and oxygen atoms in total. The molecule has 0 bridgehead atoms. The van der Waals surface area contributed by atoms with Gasteiger partial charge < -0.3 is 20.1 Å².